The molecule has 0 fully saturated rings. The fourth-order valence-corrected chi connectivity index (χ4v) is 2.26. The zero-order valence-electron chi connectivity index (χ0n) is 13.5. The van der Waals surface area contributed by atoms with Crippen molar-refractivity contribution < 1.29 is 14.3 Å². The highest BCUT2D eigenvalue weighted by Gasteiger charge is 2.23. The van der Waals surface area contributed by atoms with Crippen LogP contribution in [0.2, 0.25) is 0 Å². The molecule has 0 aromatic carbocycles. The summed E-state index contributed by atoms with van der Waals surface area (Å²) in [6, 6.07) is 1.74. The molecule has 0 aliphatic rings. The van der Waals surface area contributed by atoms with Crippen LogP contribution < -0.4 is 5.32 Å². The lowest BCUT2D eigenvalue weighted by Gasteiger charge is -2.09. The van der Waals surface area contributed by atoms with E-state index in [0.717, 1.165) is 5.01 Å². The Hall–Kier alpha value is -2.04. The molecule has 0 saturated carbocycles. The largest absolute Gasteiger partial charge is 0.379 e. The maximum atomic E-state index is 12.0. The van der Waals surface area contributed by atoms with Crippen LogP contribution in [0.3, 0.4) is 0 Å². The first-order chi connectivity index (χ1) is 10.9. The monoisotopic (exact) mass is 335 g/mol. The SMILES string of the molecule is Cc1nc(C=CC(=O)C(C#N)C(=O)NCCCOC(C)C)cs1. The van der Waals surface area contributed by atoms with Gasteiger partial charge in [0.1, 0.15) is 0 Å². The molecule has 1 atom stereocenters. The summed E-state index contributed by atoms with van der Waals surface area (Å²) in [5.41, 5.74) is 0.642. The predicted molar refractivity (Wildman–Crippen MR) is 88.7 cm³/mol. The van der Waals surface area contributed by atoms with Crippen LogP contribution in [0, 0.1) is 24.2 Å². The van der Waals surface area contributed by atoms with Crippen molar-refractivity contribution in [3.8, 4) is 6.07 Å². The first-order valence-corrected chi connectivity index (χ1v) is 8.25. The maximum Gasteiger partial charge on any atom is 0.245 e. The van der Waals surface area contributed by atoms with Crippen LogP contribution in [0.4, 0.5) is 0 Å². The van der Waals surface area contributed by atoms with Gasteiger partial charge in [-0.05, 0) is 39.3 Å². The summed E-state index contributed by atoms with van der Waals surface area (Å²) >= 11 is 1.46. The molecule has 0 spiro atoms. The van der Waals surface area contributed by atoms with Gasteiger partial charge in [-0.25, -0.2) is 4.98 Å². The Kier molecular flexibility index (Phi) is 8.16. The lowest BCUT2D eigenvalue weighted by Crippen LogP contribution is -2.35. The molecule has 1 amide bonds. The van der Waals surface area contributed by atoms with Gasteiger partial charge in [0.2, 0.25) is 5.91 Å². The lowest BCUT2D eigenvalue weighted by molar-refractivity contribution is -0.129. The van der Waals surface area contributed by atoms with Crippen molar-refractivity contribution in [3.05, 3.63) is 22.2 Å². The summed E-state index contributed by atoms with van der Waals surface area (Å²) in [4.78, 5) is 28.0. The highest BCUT2D eigenvalue weighted by Crippen LogP contribution is 2.10. The van der Waals surface area contributed by atoms with E-state index in [4.69, 9.17) is 10.00 Å². The number of ether oxygens (including phenoxy) is 1. The van der Waals surface area contributed by atoms with E-state index in [9.17, 15) is 9.59 Å². The van der Waals surface area contributed by atoms with Crippen molar-refractivity contribution in [1.29, 1.82) is 5.26 Å². The number of nitrogens with zero attached hydrogens (tertiary/aromatic N) is 2. The number of aromatic nitrogens is 1. The number of nitriles is 1. The van der Waals surface area contributed by atoms with Crippen LogP contribution in [-0.2, 0) is 14.3 Å². The quantitative estimate of drug-likeness (QED) is 0.424. The van der Waals surface area contributed by atoms with E-state index in [1.807, 2.05) is 20.8 Å². The molecular formula is C16H21N3O3S. The molecule has 0 saturated heterocycles. The van der Waals surface area contributed by atoms with Crippen LogP contribution in [0.25, 0.3) is 6.08 Å². The predicted octanol–water partition coefficient (Wildman–Crippen LogP) is 2.10. The van der Waals surface area contributed by atoms with Crippen molar-refractivity contribution in [1.82, 2.24) is 10.3 Å². The average molecular weight is 335 g/mol. The third kappa shape index (κ3) is 7.17. The third-order valence-electron chi connectivity index (χ3n) is 2.80. The first kappa shape index (κ1) is 19.0. The molecule has 0 aliphatic carbocycles. The molecule has 1 N–H and O–H groups in total. The van der Waals surface area contributed by atoms with Crippen LogP contribution in [-0.4, -0.2) is 35.9 Å². The Morgan fingerprint density at radius 2 is 2.26 bits per heavy atom. The first-order valence-electron chi connectivity index (χ1n) is 7.37. The molecule has 1 heterocycles. The number of ketones is 1. The molecular weight excluding hydrogens is 314 g/mol. The van der Waals surface area contributed by atoms with E-state index in [0.29, 0.717) is 25.3 Å². The van der Waals surface area contributed by atoms with Crippen molar-refractivity contribution in [3.63, 3.8) is 0 Å². The summed E-state index contributed by atoms with van der Waals surface area (Å²) < 4.78 is 5.35. The van der Waals surface area contributed by atoms with Crippen LogP contribution >= 0.6 is 11.3 Å². The van der Waals surface area contributed by atoms with E-state index >= 15 is 0 Å². The topological polar surface area (TPSA) is 92.1 Å². The molecule has 23 heavy (non-hydrogen) atoms. The molecule has 124 valence electrons. The lowest BCUT2D eigenvalue weighted by atomic mass is 10.0. The van der Waals surface area contributed by atoms with Gasteiger partial charge in [-0.3, -0.25) is 9.59 Å². The second-order valence-electron chi connectivity index (χ2n) is 5.15. The highest BCUT2D eigenvalue weighted by atomic mass is 32.1. The minimum absolute atomic E-state index is 0.138. The van der Waals surface area contributed by atoms with Crippen molar-refractivity contribution >= 4 is 29.1 Å². The second-order valence-corrected chi connectivity index (χ2v) is 6.22. The average Bonchev–Trinajstić information content (AvgIpc) is 2.91. The van der Waals surface area contributed by atoms with E-state index in [2.05, 4.69) is 10.3 Å². The number of hydrogen-bond acceptors (Lipinski definition) is 6. The number of allylic oxidation sites excluding steroid dienone is 1. The molecule has 0 bridgehead atoms. The van der Waals surface area contributed by atoms with E-state index in [1.54, 1.807) is 11.4 Å². The molecule has 0 radical (unpaired) electrons. The number of carbonyl (C=O) groups is 2. The second kappa shape index (κ2) is 9.87. The maximum absolute atomic E-state index is 12.0. The van der Waals surface area contributed by atoms with Crippen molar-refractivity contribution in [2.24, 2.45) is 5.92 Å². The minimum atomic E-state index is -1.34. The summed E-state index contributed by atoms with van der Waals surface area (Å²) in [6.45, 7) is 6.61. The number of hydrogen-bond donors (Lipinski definition) is 1. The molecule has 6 nitrogen and oxygen atoms in total. The number of carbonyl (C=O) groups excluding carboxylic acids is 2. The number of aryl methyl sites for hydroxylation is 1. The summed E-state index contributed by atoms with van der Waals surface area (Å²) in [7, 11) is 0. The summed E-state index contributed by atoms with van der Waals surface area (Å²) in [6.07, 6.45) is 3.51. The van der Waals surface area contributed by atoms with Gasteiger partial charge >= 0.3 is 0 Å². The van der Waals surface area contributed by atoms with Crippen LogP contribution in [0.1, 0.15) is 31.0 Å². The Balaban J connectivity index is 2.45. The van der Waals surface area contributed by atoms with E-state index in [-0.39, 0.29) is 6.10 Å². The van der Waals surface area contributed by atoms with Gasteiger partial charge in [0, 0.05) is 18.5 Å². The molecule has 1 aromatic heterocycles. The third-order valence-corrected chi connectivity index (χ3v) is 3.59. The molecule has 1 rings (SSSR count). The van der Waals surface area contributed by atoms with Crippen molar-refractivity contribution in [2.75, 3.05) is 13.2 Å². The van der Waals surface area contributed by atoms with Gasteiger partial charge in [0.05, 0.1) is 22.9 Å². The highest BCUT2D eigenvalue weighted by molar-refractivity contribution is 7.09. The zero-order chi connectivity index (χ0) is 17.2. The fourth-order valence-electron chi connectivity index (χ4n) is 1.68. The van der Waals surface area contributed by atoms with E-state index < -0.39 is 17.6 Å². The smallest absolute Gasteiger partial charge is 0.245 e. The van der Waals surface area contributed by atoms with Gasteiger partial charge in [0.25, 0.3) is 0 Å². The number of thiazole rings is 1. The Morgan fingerprint density at radius 1 is 1.52 bits per heavy atom. The van der Waals surface area contributed by atoms with Crippen LogP contribution in [0.5, 0.6) is 0 Å². The van der Waals surface area contributed by atoms with Gasteiger partial charge in [0.15, 0.2) is 11.7 Å². The van der Waals surface area contributed by atoms with Crippen molar-refractivity contribution in [2.45, 2.75) is 33.3 Å². The standard InChI is InChI=1S/C16H21N3O3S/c1-11(2)22-8-4-7-18-16(21)14(9-17)15(20)6-5-13-10-23-12(3)19-13/h5-6,10-11,14H,4,7-8H2,1-3H3,(H,18,21). The molecule has 1 unspecified atom stereocenters. The van der Waals surface area contributed by atoms with Crippen LogP contribution in [0.15, 0.2) is 11.5 Å². The van der Waals surface area contributed by atoms with Gasteiger partial charge < -0.3 is 10.1 Å². The van der Waals surface area contributed by atoms with E-state index in [1.165, 1.54) is 23.5 Å². The number of amides is 1. The number of rotatable bonds is 9. The molecule has 1 aromatic rings. The molecule has 7 heteroatoms. The van der Waals surface area contributed by atoms with Gasteiger partial charge in [-0.1, -0.05) is 0 Å². The Labute approximate surface area is 140 Å². The summed E-state index contributed by atoms with van der Waals surface area (Å²) in [5, 5.41) is 14.3. The fraction of sp³-hybridized carbons (Fsp3) is 0.500. The normalized spacial score (nSPS) is 12.3. The Morgan fingerprint density at radius 3 is 2.83 bits per heavy atom. The Bertz CT molecular complexity index is 602. The minimum Gasteiger partial charge on any atom is -0.379 e. The summed E-state index contributed by atoms with van der Waals surface area (Å²) in [5.74, 6) is -2.47. The van der Waals surface area contributed by atoms with Gasteiger partial charge in [-0.15, -0.1) is 11.3 Å². The van der Waals surface area contributed by atoms with Gasteiger partial charge in [-0.2, -0.15) is 5.26 Å². The number of nitrogens with one attached hydrogen (secondary N) is 1. The zero-order valence-corrected chi connectivity index (χ0v) is 14.4. The molecule has 0 aliphatic heterocycles.